The minimum absolute atomic E-state index is 0.0343. The third-order valence-electron chi connectivity index (χ3n) is 3.88. The molecule has 0 radical (unpaired) electrons. The molecule has 6 N–H and O–H groups in total. The van der Waals surface area contributed by atoms with Gasteiger partial charge in [-0.1, -0.05) is 18.2 Å². The van der Waals surface area contributed by atoms with E-state index in [2.05, 4.69) is 26.1 Å². The van der Waals surface area contributed by atoms with Gasteiger partial charge in [0, 0.05) is 22.8 Å². The van der Waals surface area contributed by atoms with Crippen LogP contribution in [0, 0.1) is 0 Å². The number of benzene rings is 2. The number of amides is 3. The van der Waals surface area contributed by atoms with Gasteiger partial charge in [0.15, 0.2) is 0 Å². The number of primary amides is 1. The van der Waals surface area contributed by atoms with E-state index in [4.69, 9.17) is 5.73 Å². The zero-order valence-corrected chi connectivity index (χ0v) is 16.6. The summed E-state index contributed by atoms with van der Waals surface area (Å²) in [6.07, 6.45) is 1.43. The molecule has 0 spiro atoms. The number of nitrogens with zero attached hydrogens (tertiary/aromatic N) is 1. The number of aromatic amines is 1. The molecular weight excluding hydrogens is 433 g/mol. The molecule has 2 aromatic carbocycles. The number of alkyl halides is 3. The van der Waals surface area contributed by atoms with Gasteiger partial charge in [0.05, 0.1) is 11.9 Å². The van der Waals surface area contributed by atoms with Crippen LogP contribution in [0.5, 0.6) is 0 Å². The summed E-state index contributed by atoms with van der Waals surface area (Å²) in [4.78, 5) is 23.5. The number of aromatic nitrogens is 2. The molecule has 0 atom stereocenters. The molecule has 162 valence electrons. The minimum Gasteiger partial charge on any atom is -0.378 e. The molecule has 8 nitrogen and oxygen atoms in total. The van der Waals surface area contributed by atoms with Gasteiger partial charge in [-0.05, 0) is 47.7 Å². The second-order valence-electron chi connectivity index (χ2n) is 6.23. The van der Waals surface area contributed by atoms with Gasteiger partial charge in [0.1, 0.15) is 5.69 Å². The summed E-state index contributed by atoms with van der Waals surface area (Å²) < 4.78 is 37.5. The van der Waals surface area contributed by atoms with E-state index in [9.17, 15) is 22.8 Å². The largest absolute Gasteiger partial charge is 0.446 e. The number of halogens is 3. The van der Waals surface area contributed by atoms with Gasteiger partial charge in [-0.2, -0.15) is 18.3 Å². The molecule has 0 fully saturated rings. The zero-order chi connectivity index (χ0) is 22.4. The molecule has 3 aromatic rings. The number of anilines is 3. The number of hydrogen-bond acceptors (Lipinski definition) is 5. The molecule has 0 aliphatic carbocycles. The quantitative estimate of drug-likeness (QED) is 0.342. The fourth-order valence-corrected chi connectivity index (χ4v) is 3.23. The van der Waals surface area contributed by atoms with Gasteiger partial charge in [-0.3, -0.25) is 9.89 Å². The molecule has 3 amide bonds. The van der Waals surface area contributed by atoms with Crippen LogP contribution in [0.25, 0.3) is 0 Å². The summed E-state index contributed by atoms with van der Waals surface area (Å²) in [5.74, 6) is -0.648. The van der Waals surface area contributed by atoms with Crippen molar-refractivity contribution >= 4 is 40.8 Å². The third kappa shape index (κ3) is 6.67. The van der Waals surface area contributed by atoms with Crippen LogP contribution in [0.2, 0.25) is 0 Å². The summed E-state index contributed by atoms with van der Waals surface area (Å²) in [7, 11) is 0. The van der Waals surface area contributed by atoms with E-state index in [1.54, 1.807) is 24.3 Å². The Hall–Kier alpha value is -3.67. The second-order valence-corrected chi connectivity index (χ2v) is 7.37. The van der Waals surface area contributed by atoms with Crippen molar-refractivity contribution in [3.63, 3.8) is 0 Å². The monoisotopic (exact) mass is 450 g/mol. The standard InChI is InChI=1S/C19H17F3N6O2S/c20-19(21,22)31-14-6-2-5-13(8-14)27-18(30)26-12-4-1-3-11(7-12)9-24-15-10-25-28-16(15)17(23)29/h1-8,10,24H,9H2,(H2,23,29)(H,25,28)(H2,26,27,30). The number of nitrogens with two attached hydrogens (primary N) is 1. The van der Waals surface area contributed by atoms with E-state index in [0.29, 0.717) is 17.9 Å². The lowest BCUT2D eigenvalue weighted by atomic mass is 10.2. The van der Waals surface area contributed by atoms with Crippen LogP contribution in [0.4, 0.5) is 35.0 Å². The van der Waals surface area contributed by atoms with Crippen molar-refractivity contribution in [2.24, 2.45) is 5.73 Å². The van der Waals surface area contributed by atoms with Crippen molar-refractivity contribution in [2.45, 2.75) is 16.9 Å². The highest BCUT2D eigenvalue weighted by Gasteiger charge is 2.29. The number of rotatable bonds is 7. The summed E-state index contributed by atoms with van der Waals surface area (Å²) in [6.45, 7) is 0.327. The molecule has 0 saturated heterocycles. The first-order valence-corrected chi connectivity index (χ1v) is 9.61. The first-order chi connectivity index (χ1) is 14.7. The van der Waals surface area contributed by atoms with Crippen LogP contribution in [-0.4, -0.2) is 27.6 Å². The predicted octanol–water partition coefficient (Wildman–Crippen LogP) is 4.38. The predicted molar refractivity (Wildman–Crippen MR) is 112 cm³/mol. The molecule has 0 bridgehead atoms. The zero-order valence-electron chi connectivity index (χ0n) is 15.8. The maximum absolute atomic E-state index is 12.5. The van der Waals surface area contributed by atoms with Crippen LogP contribution < -0.4 is 21.7 Å². The van der Waals surface area contributed by atoms with E-state index in [1.165, 1.54) is 30.5 Å². The summed E-state index contributed by atoms with van der Waals surface area (Å²) in [5, 5.41) is 14.4. The maximum Gasteiger partial charge on any atom is 0.446 e. The van der Waals surface area contributed by atoms with Crippen LogP contribution in [0.1, 0.15) is 16.1 Å². The van der Waals surface area contributed by atoms with Crippen LogP contribution in [0.3, 0.4) is 0 Å². The van der Waals surface area contributed by atoms with E-state index in [0.717, 1.165) is 5.56 Å². The lowest BCUT2D eigenvalue weighted by Crippen LogP contribution is -2.19. The highest BCUT2D eigenvalue weighted by atomic mass is 32.2. The van der Waals surface area contributed by atoms with Gasteiger partial charge in [0.25, 0.3) is 5.91 Å². The van der Waals surface area contributed by atoms with Crippen LogP contribution >= 0.6 is 11.8 Å². The van der Waals surface area contributed by atoms with E-state index >= 15 is 0 Å². The molecule has 3 rings (SSSR count). The first-order valence-electron chi connectivity index (χ1n) is 8.79. The average molecular weight is 450 g/mol. The fraction of sp³-hybridized carbons (Fsp3) is 0.105. The highest BCUT2D eigenvalue weighted by molar-refractivity contribution is 8.00. The lowest BCUT2D eigenvalue weighted by Gasteiger charge is -2.11. The Bertz CT molecular complexity index is 1090. The number of carbonyl (C=O) groups excluding carboxylic acids is 2. The molecule has 0 aliphatic heterocycles. The molecule has 1 heterocycles. The van der Waals surface area contributed by atoms with Crippen LogP contribution in [-0.2, 0) is 6.54 Å². The molecule has 0 aliphatic rings. The van der Waals surface area contributed by atoms with Gasteiger partial charge in [-0.15, -0.1) is 0 Å². The van der Waals surface area contributed by atoms with E-state index in [1.807, 2.05) is 0 Å². The Morgan fingerprint density at radius 2 is 1.74 bits per heavy atom. The normalized spacial score (nSPS) is 11.1. The fourth-order valence-electron chi connectivity index (χ4n) is 2.63. The number of carbonyl (C=O) groups is 2. The number of hydrogen-bond donors (Lipinski definition) is 5. The van der Waals surface area contributed by atoms with E-state index in [-0.39, 0.29) is 28.0 Å². The molecule has 1 aromatic heterocycles. The summed E-state index contributed by atoms with van der Waals surface area (Å²) in [6, 6.07) is 11.7. The summed E-state index contributed by atoms with van der Waals surface area (Å²) in [5.41, 5.74) is 2.92. The molecular formula is C19H17F3N6O2S. The first kappa shape index (κ1) is 22.0. The second kappa shape index (κ2) is 9.43. The smallest absolute Gasteiger partial charge is 0.378 e. The molecule has 0 saturated carbocycles. The summed E-state index contributed by atoms with van der Waals surface area (Å²) >= 11 is -0.259. The Morgan fingerprint density at radius 1 is 1.06 bits per heavy atom. The Kier molecular flexibility index (Phi) is 6.70. The van der Waals surface area contributed by atoms with Crippen molar-refractivity contribution in [3.8, 4) is 0 Å². The maximum atomic E-state index is 12.5. The van der Waals surface area contributed by atoms with Gasteiger partial charge < -0.3 is 21.7 Å². The van der Waals surface area contributed by atoms with Gasteiger partial charge in [-0.25, -0.2) is 4.79 Å². The minimum atomic E-state index is -4.41. The van der Waals surface area contributed by atoms with Crippen molar-refractivity contribution in [1.29, 1.82) is 0 Å². The van der Waals surface area contributed by atoms with Crippen LogP contribution in [0.15, 0.2) is 59.6 Å². The van der Waals surface area contributed by atoms with E-state index < -0.39 is 17.4 Å². The molecule has 31 heavy (non-hydrogen) atoms. The van der Waals surface area contributed by atoms with Gasteiger partial charge in [0.2, 0.25) is 0 Å². The third-order valence-corrected chi connectivity index (χ3v) is 4.60. The highest BCUT2D eigenvalue weighted by Crippen LogP contribution is 2.37. The van der Waals surface area contributed by atoms with Crippen molar-refractivity contribution in [2.75, 3.05) is 16.0 Å². The van der Waals surface area contributed by atoms with Crippen molar-refractivity contribution in [1.82, 2.24) is 10.2 Å². The van der Waals surface area contributed by atoms with Crippen molar-refractivity contribution < 1.29 is 22.8 Å². The SMILES string of the molecule is NC(=O)c1[nH]ncc1NCc1cccc(NC(=O)Nc2cccc(SC(F)(F)F)c2)c1. The van der Waals surface area contributed by atoms with Crippen molar-refractivity contribution in [3.05, 3.63) is 66.0 Å². The Balaban J connectivity index is 1.59. The number of urea groups is 1. The van der Waals surface area contributed by atoms with Gasteiger partial charge >= 0.3 is 11.5 Å². The number of thioether (sulfide) groups is 1. The lowest BCUT2D eigenvalue weighted by molar-refractivity contribution is -0.0328. The number of nitrogens with one attached hydrogen (secondary N) is 4. The number of H-pyrrole nitrogens is 1. The topological polar surface area (TPSA) is 125 Å². The molecule has 12 heteroatoms. The Labute approximate surface area is 178 Å². The average Bonchev–Trinajstić information content (AvgIpc) is 3.14. The molecule has 0 unspecified atom stereocenters. The Morgan fingerprint density at radius 3 is 2.42 bits per heavy atom.